The van der Waals surface area contributed by atoms with Crippen LogP contribution < -0.4 is 0 Å². The van der Waals surface area contributed by atoms with E-state index in [2.05, 4.69) is 48.6 Å². The molecular weight excluding hydrogens is 300 g/mol. The highest BCUT2D eigenvalue weighted by molar-refractivity contribution is 5.94. The maximum atomic E-state index is 10.1. The quantitative estimate of drug-likeness (QED) is 0.477. The summed E-state index contributed by atoms with van der Waals surface area (Å²) in [6, 6.07) is 16.8. The summed E-state index contributed by atoms with van der Waals surface area (Å²) in [6.07, 6.45) is 4.04. The first kappa shape index (κ1) is 17.5. The van der Waals surface area contributed by atoms with Gasteiger partial charge in [0.25, 0.3) is 0 Å². The number of hydrogen-bond donors (Lipinski definition) is 0. The molecule has 1 heterocycles. The Morgan fingerprint density at radius 3 is 2.50 bits per heavy atom. The predicted molar refractivity (Wildman–Crippen MR) is 97.9 cm³/mol. The van der Waals surface area contributed by atoms with Crippen molar-refractivity contribution in [2.75, 3.05) is 6.61 Å². The first-order valence-corrected chi connectivity index (χ1v) is 8.04. The molecule has 0 aliphatic heterocycles. The van der Waals surface area contributed by atoms with Crippen molar-refractivity contribution in [1.29, 1.82) is 0 Å². The van der Waals surface area contributed by atoms with Crippen molar-refractivity contribution < 1.29 is 13.9 Å². The van der Waals surface area contributed by atoms with Gasteiger partial charge in [-0.2, -0.15) is 0 Å². The lowest BCUT2D eigenvalue weighted by molar-refractivity contribution is -0.137. The molecule has 3 aromatic rings. The highest BCUT2D eigenvalue weighted by Crippen LogP contribution is 2.30. The van der Waals surface area contributed by atoms with Gasteiger partial charge in [-0.05, 0) is 25.0 Å². The number of esters is 1. The lowest BCUT2D eigenvalue weighted by Gasteiger charge is -1.99. The average molecular weight is 322 g/mol. The molecule has 0 aliphatic carbocycles. The van der Waals surface area contributed by atoms with Crippen LogP contribution >= 0.6 is 0 Å². The summed E-state index contributed by atoms with van der Waals surface area (Å²) in [5.41, 5.74) is 2.48. The molecule has 1 aromatic heterocycles. The van der Waals surface area contributed by atoms with Gasteiger partial charge in [-0.3, -0.25) is 0 Å². The van der Waals surface area contributed by atoms with Crippen LogP contribution in [0.2, 0.25) is 0 Å². The standard InChI is InChI=1S/C16H14O.C5H8O2/c1-2-12-8-9-15-14(10-12)11-17-16(15)13-6-4-3-5-7-13;1-3-5(6)7-4-2/h3-11H,2H2,1H3;3H,1,4H2,2H3. The third-order valence-corrected chi connectivity index (χ3v) is 3.56. The molecule has 0 N–H and O–H groups in total. The lowest BCUT2D eigenvalue weighted by Crippen LogP contribution is -1.97. The number of furan rings is 1. The van der Waals surface area contributed by atoms with Crippen molar-refractivity contribution in [2.24, 2.45) is 0 Å². The Kier molecular flexibility index (Phi) is 6.38. The first-order valence-electron chi connectivity index (χ1n) is 8.04. The molecule has 0 radical (unpaired) electrons. The number of fused-ring (bicyclic) bond motifs is 1. The van der Waals surface area contributed by atoms with Crippen LogP contribution in [0.3, 0.4) is 0 Å². The summed E-state index contributed by atoms with van der Waals surface area (Å²) in [7, 11) is 0. The number of rotatable bonds is 4. The van der Waals surface area contributed by atoms with Crippen LogP contribution in [0, 0.1) is 0 Å². The number of ether oxygens (including phenoxy) is 1. The van der Waals surface area contributed by atoms with Gasteiger partial charge in [0.2, 0.25) is 0 Å². The minimum atomic E-state index is -0.359. The van der Waals surface area contributed by atoms with Gasteiger partial charge in [0, 0.05) is 22.4 Å². The van der Waals surface area contributed by atoms with E-state index in [0.29, 0.717) is 6.61 Å². The van der Waals surface area contributed by atoms with Crippen molar-refractivity contribution in [1.82, 2.24) is 0 Å². The smallest absolute Gasteiger partial charge is 0.330 e. The molecule has 0 atom stereocenters. The number of hydrogen-bond acceptors (Lipinski definition) is 3. The second kappa shape index (κ2) is 8.73. The van der Waals surface area contributed by atoms with E-state index >= 15 is 0 Å². The fraction of sp³-hybridized carbons (Fsp3) is 0.190. The van der Waals surface area contributed by atoms with Crippen LogP contribution in [0.15, 0.2) is 71.9 Å². The van der Waals surface area contributed by atoms with E-state index in [4.69, 9.17) is 4.42 Å². The van der Waals surface area contributed by atoms with Crippen LogP contribution in [0.1, 0.15) is 19.4 Å². The molecule has 2 aromatic carbocycles. The van der Waals surface area contributed by atoms with E-state index in [1.807, 2.05) is 24.5 Å². The third kappa shape index (κ3) is 4.35. The second-order valence-corrected chi connectivity index (χ2v) is 5.16. The maximum Gasteiger partial charge on any atom is 0.330 e. The molecule has 0 amide bonds. The Labute approximate surface area is 142 Å². The molecule has 0 saturated carbocycles. The van der Waals surface area contributed by atoms with E-state index in [9.17, 15) is 4.79 Å². The van der Waals surface area contributed by atoms with Gasteiger partial charge in [-0.1, -0.05) is 56.0 Å². The van der Waals surface area contributed by atoms with Crippen molar-refractivity contribution in [3.05, 3.63) is 73.0 Å². The molecular formula is C21H22O3. The largest absolute Gasteiger partial charge is 0.463 e. The van der Waals surface area contributed by atoms with Gasteiger partial charge in [0.1, 0.15) is 5.76 Å². The summed E-state index contributed by atoms with van der Waals surface area (Å²) < 4.78 is 10.1. The fourth-order valence-corrected chi connectivity index (χ4v) is 2.34. The fourth-order valence-electron chi connectivity index (χ4n) is 2.34. The molecule has 124 valence electrons. The molecule has 0 spiro atoms. The zero-order valence-electron chi connectivity index (χ0n) is 14.1. The predicted octanol–water partition coefficient (Wildman–Crippen LogP) is 5.40. The van der Waals surface area contributed by atoms with Gasteiger partial charge in [-0.15, -0.1) is 0 Å². The summed E-state index contributed by atoms with van der Waals surface area (Å²) in [5, 5.41) is 2.37. The first-order chi connectivity index (χ1) is 11.7. The minimum absolute atomic E-state index is 0.359. The molecule has 0 aliphatic rings. The van der Waals surface area contributed by atoms with E-state index < -0.39 is 0 Å². The van der Waals surface area contributed by atoms with Crippen LogP contribution in [0.25, 0.3) is 22.1 Å². The molecule has 3 nitrogen and oxygen atoms in total. The van der Waals surface area contributed by atoms with Crippen LogP contribution in [0.4, 0.5) is 0 Å². The van der Waals surface area contributed by atoms with E-state index in [-0.39, 0.29) is 5.97 Å². The highest BCUT2D eigenvalue weighted by Gasteiger charge is 2.08. The number of carbonyl (C=O) groups excluding carboxylic acids is 1. The normalized spacial score (nSPS) is 9.92. The van der Waals surface area contributed by atoms with E-state index in [1.54, 1.807) is 6.92 Å². The Morgan fingerprint density at radius 1 is 1.17 bits per heavy atom. The SMILES string of the molecule is C=CC(=O)OCC.CCc1ccc2c(-c3ccccc3)occ2c1. The van der Waals surface area contributed by atoms with Gasteiger partial charge in [0.15, 0.2) is 0 Å². The number of benzene rings is 2. The van der Waals surface area contributed by atoms with Crippen molar-refractivity contribution in [2.45, 2.75) is 20.3 Å². The van der Waals surface area contributed by atoms with Crippen molar-refractivity contribution in [3.63, 3.8) is 0 Å². The zero-order chi connectivity index (χ0) is 17.4. The number of aryl methyl sites for hydroxylation is 1. The second-order valence-electron chi connectivity index (χ2n) is 5.16. The van der Waals surface area contributed by atoms with Crippen LogP contribution in [-0.2, 0) is 16.0 Å². The van der Waals surface area contributed by atoms with Gasteiger partial charge in [0.05, 0.1) is 12.9 Å². The Bertz CT molecular complexity index is 800. The highest BCUT2D eigenvalue weighted by atomic mass is 16.5. The molecule has 0 saturated heterocycles. The van der Waals surface area contributed by atoms with Crippen molar-refractivity contribution in [3.8, 4) is 11.3 Å². The van der Waals surface area contributed by atoms with E-state index in [0.717, 1.165) is 23.8 Å². The maximum absolute atomic E-state index is 10.1. The van der Waals surface area contributed by atoms with Crippen LogP contribution in [-0.4, -0.2) is 12.6 Å². The molecule has 3 heteroatoms. The van der Waals surface area contributed by atoms with Gasteiger partial charge in [-0.25, -0.2) is 4.79 Å². The Morgan fingerprint density at radius 2 is 1.92 bits per heavy atom. The number of carbonyl (C=O) groups is 1. The molecule has 0 unspecified atom stereocenters. The Hall–Kier alpha value is -2.81. The zero-order valence-corrected chi connectivity index (χ0v) is 14.1. The van der Waals surface area contributed by atoms with Gasteiger partial charge >= 0.3 is 5.97 Å². The molecule has 3 rings (SSSR count). The topological polar surface area (TPSA) is 39.4 Å². The summed E-state index contributed by atoms with van der Waals surface area (Å²) in [4.78, 5) is 10.1. The third-order valence-electron chi connectivity index (χ3n) is 3.56. The summed E-state index contributed by atoms with van der Waals surface area (Å²) in [6.45, 7) is 7.54. The summed E-state index contributed by atoms with van der Waals surface area (Å²) in [5.74, 6) is 0.603. The van der Waals surface area contributed by atoms with Gasteiger partial charge < -0.3 is 9.15 Å². The lowest BCUT2D eigenvalue weighted by atomic mass is 10.0. The Balaban J connectivity index is 0.000000256. The van der Waals surface area contributed by atoms with E-state index in [1.165, 1.54) is 16.3 Å². The minimum Gasteiger partial charge on any atom is -0.463 e. The molecule has 0 fully saturated rings. The average Bonchev–Trinajstić information content (AvgIpc) is 3.06. The molecule has 24 heavy (non-hydrogen) atoms. The summed E-state index contributed by atoms with van der Waals surface area (Å²) >= 11 is 0. The van der Waals surface area contributed by atoms with Crippen molar-refractivity contribution >= 4 is 16.7 Å². The molecule has 0 bridgehead atoms. The van der Waals surface area contributed by atoms with Crippen LogP contribution in [0.5, 0.6) is 0 Å². The monoisotopic (exact) mass is 322 g/mol.